The normalized spacial score (nSPS) is 18.3. The van der Waals surface area contributed by atoms with Crippen LogP contribution in [0.15, 0.2) is 127 Å². The molecule has 0 radical (unpaired) electrons. The van der Waals surface area contributed by atoms with Crippen LogP contribution in [0.3, 0.4) is 0 Å². The fraction of sp³-hybridized carbons (Fsp3) is 0.279. The van der Waals surface area contributed by atoms with Gasteiger partial charge in [0.15, 0.2) is 0 Å². The molecule has 2 aliphatic rings. The summed E-state index contributed by atoms with van der Waals surface area (Å²) in [5, 5.41) is 11.7. The van der Waals surface area contributed by atoms with Crippen molar-refractivity contribution in [1.82, 2.24) is 0 Å². The molecule has 2 heterocycles. The van der Waals surface area contributed by atoms with Crippen molar-refractivity contribution in [2.24, 2.45) is 0 Å². The number of amides is 1. The second-order valence-electron chi connectivity index (χ2n) is 14.4. The zero-order valence-corrected chi connectivity index (χ0v) is 28.1. The number of anilines is 1. The molecule has 1 atom stereocenters. The minimum Gasteiger partial charge on any atom is -0.488 e. The van der Waals surface area contributed by atoms with Gasteiger partial charge in [-0.25, -0.2) is 0 Å². The van der Waals surface area contributed by atoms with Gasteiger partial charge in [-0.1, -0.05) is 109 Å². The van der Waals surface area contributed by atoms with Crippen LogP contribution in [0.5, 0.6) is 11.5 Å². The van der Waals surface area contributed by atoms with Gasteiger partial charge in [0.2, 0.25) is 5.91 Å². The van der Waals surface area contributed by atoms with Crippen molar-refractivity contribution in [2.45, 2.75) is 76.2 Å². The van der Waals surface area contributed by atoms with Gasteiger partial charge < -0.3 is 14.6 Å². The van der Waals surface area contributed by atoms with E-state index in [-0.39, 0.29) is 24.0 Å². The zero-order chi connectivity index (χ0) is 33.5. The van der Waals surface area contributed by atoms with Crippen LogP contribution in [-0.4, -0.2) is 22.2 Å². The molecule has 5 nitrogen and oxygen atoms in total. The third-order valence-corrected chi connectivity index (χ3v) is 9.64. The van der Waals surface area contributed by atoms with E-state index in [1.807, 2.05) is 102 Å². The molecule has 5 aromatic rings. The Bertz CT molecular complexity index is 1870. The number of carbonyl (C=O) groups excluding carboxylic acids is 1. The monoisotopic (exact) mass is 637 g/mol. The maximum absolute atomic E-state index is 15.8. The average Bonchev–Trinajstić information content (AvgIpc) is 3.31. The van der Waals surface area contributed by atoms with Crippen LogP contribution < -0.4 is 14.4 Å². The number of hydrogen-bond donors (Lipinski definition) is 1. The molecule has 1 N–H and O–H groups in total. The summed E-state index contributed by atoms with van der Waals surface area (Å²) >= 11 is 0. The van der Waals surface area contributed by atoms with Gasteiger partial charge in [-0.15, -0.1) is 0 Å². The standard InChI is InChI=1S/C43H43NO4/c1-41(2,46)29-43(35-26-33-24-25-42(3,4)48-37(33)27-38(35)47-28-30-16-8-5-9-17-30)34-22-14-15-23-36(34)44(40(43)45)39(31-18-10-6-11-19-31)32-20-12-7-13-21-32/h5-23,26-27,39,46H,24-25,28-29H2,1-4H3. The van der Waals surface area contributed by atoms with Crippen LogP contribution in [-0.2, 0) is 23.2 Å². The number of ether oxygens (including phenoxy) is 2. The lowest BCUT2D eigenvalue weighted by molar-refractivity contribution is -0.124. The van der Waals surface area contributed by atoms with E-state index in [4.69, 9.17) is 9.47 Å². The van der Waals surface area contributed by atoms with E-state index in [1.54, 1.807) is 13.8 Å². The Morgan fingerprint density at radius 1 is 0.812 bits per heavy atom. The average molecular weight is 638 g/mol. The molecule has 1 amide bonds. The Labute approximate surface area is 283 Å². The SMILES string of the molecule is CC(C)(O)CC1(c2cc3c(cc2OCc2ccccc2)OC(C)(C)CC3)C(=O)N(C(c2ccccc2)c2ccccc2)c2ccccc21. The van der Waals surface area contributed by atoms with Gasteiger partial charge in [-0.2, -0.15) is 0 Å². The Morgan fingerprint density at radius 2 is 1.40 bits per heavy atom. The van der Waals surface area contributed by atoms with E-state index in [0.717, 1.165) is 57.7 Å². The molecule has 0 spiro atoms. The topological polar surface area (TPSA) is 59.0 Å². The van der Waals surface area contributed by atoms with Crippen molar-refractivity contribution in [3.05, 3.63) is 161 Å². The fourth-order valence-electron chi connectivity index (χ4n) is 7.54. The highest BCUT2D eigenvalue weighted by molar-refractivity contribution is 6.12. The number of aryl methyl sites for hydroxylation is 1. The maximum Gasteiger partial charge on any atom is 0.243 e. The smallest absolute Gasteiger partial charge is 0.243 e. The molecular formula is C43H43NO4. The Kier molecular flexibility index (Phi) is 8.13. The van der Waals surface area contributed by atoms with Crippen molar-refractivity contribution in [3.63, 3.8) is 0 Å². The van der Waals surface area contributed by atoms with Crippen molar-refractivity contribution >= 4 is 11.6 Å². The van der Waals surface area contributed by atoms with E-state index in [2.05, 4.69) is 44.2 Å². The summed E-state index contributed by atoms with van der Waals surface area (Å²) in [5.41, 5.74) is 3.75. The lowest BCUT2D eigenvalue weighted by Crippen LogP contribution is -2.47. The van der Waals surface area contributed by atoms with Crippen molar-refractivity contribution in [1.29, 1.82) is 0 Å². The number of carbonyl (C=O) groups is 1. The first-order chi connectivity index (χ1) is 23.1. The van der Waals surface area contributed by atoms with Crippen LogP contribution in [0, 0.1) is 0 Å². The maximum atomic E-state index is 15.8. The van der Waals surface area contributed by atoms with E-state index < -0.39 is 11.0 Å². The van der Waals surface area contributed by atoms with Crippen LogP contribution in [0.2, 0.25) is 0 Å². The van der Waals surface area contributed by atoms with Gasteiger partial charge in [0.25, 0.3) is 0 Å². The highest BCUT2D eigenvalue weighted by Crippen LogP contribution is 2.56. The van der Waals surface area contributed by atoms with Crippen LogP contribution in [0.25, 0.3) is 0 Å². The number of benzene rings is 5. The minimum absolute atomic E-state index is 0.0925. The summed E-state index contributed by atoms with van der Waals surface area (Å²) in [6, 6.07) is 42.2. The highest BCUT2D eigenvalue weighted by atomic mass is 16.5. The first-order valence-corrected chi connectivity index (χ1v) is 16.8. The van der Waals surface area contributed by atoms with Gasteiger partial charge in [-0.05, 0) is 86.9 Å². The number of fused-ring (bicyclic) bond motifs is 2. The molecule has 2 aliphatic heterocycles. The van der Waals surface area contributed by atoms with E-state index >= 15 is 4.79 Å². The number of hydrogen-bond acceptors (Lipinski definition) is 4. The Balaban J connectivity index is 1.47. The summed E-state index contributed by atoms with van der Waals surface area (Å²) in [7, 11) is 0. The van der Waals surface area contributed by atoms with Crippen molar-refractivity contribution in [3.8, 4) is 11.5 Å². The van der Waals surface area contributed by atoms with Gasteiger partial charge in [0.1, 0.15) is 29.1 Å². The Hall–Kier alpha value is -4.87. The number of para-hydroxylation sites is 1. The van der Waals surface area contributed by atoms with Crippen molar-refractivity contribution in [2.75, 3.05) is 4.90 Å². The lowest BCUT2D eigenvalue weighted by atomic mass is 9.68. The van der Waals surface area contributed by atoms with Crippen LogP contribution in [0.4, 0.5) is 5.69 Å². The van der Waals surface area contributed by atoms with Crippen LogP contribution >= 0.6 is 0 Å². The molecule has 0 aliphatic carbocycles. The van der Waals surface area contributed by atoms with E-state index in [9.17, 15) is 5.11 Å². The van der Waals surface area contributed by atoms with Gasteiger partial charge in [0, 0.05) is 17.3 Å². The number of rotatable bonds is 9. The molecule has 0 aromatic heterocycles. The van der Waals surface area contributed by atoms with Gasteiger partial charge >= 0.3 is 0 Å². The van der Waals surface area contributed by atoms with E-state index in [0.29, 0.717) is 12.4 Å². The highest BCUT2D eigenvalue weighted by Gasteiger charge is 2.57. The molecule has 48 heavy (non-hydrogen) atoms. The molecule has 5 aromatic carbocycles. The van der Waals surface area contributed by atoms with Gasteiger partial charge in [-0.3, -0.25) is 9.69 Å². The molecule has 0 saturated heterocycles. The predicted octanol–water partition coefficient (Wildman–Crippen LogP) is 8.95. The minimum atomic E-state index is -1.25. The molecule has 244 valence electrons. The largest absolute Gasteiger partial charge is 0.488 e. The van der Waals surface area contributed by atoms with Gasteiger partial charge in [0.05, 0.1) is 11.6 Å². The van der Waals surface area contributed by atoms with Crippen molar-refractivity contribution < 1.29 is 19.4 Å². The number of nitrogens with zero attached hydrogens (tertiary/aromatic N) is 1. The summed E-state index contributed by atoms with van der Waals surface area (Å²) in [5.74, 6) is 1.27. The predicted molar refractivity (Wildman–Crippen MR) is 191 cm³/mol. The summed E-state index contributed by atoms with van der Waals surface area (Å²) in [6.07, 6.45) is 1.82. The molecule has 0 bridgehead atoms. The third kappa shape index (κ3) is 5.88. The lowest BCUT2D eigenvalue weighted by Gasteiger charge is -2.39. The van der Waals surface area contributed by atoms with E-state index in [1.165, 1.54) is 0 Å². The Morgan fingerprint density at radius 3 is 2.02 bits per heavy atom. The number of aliphatic hydroxyl groups is 1. The first-order valence-electron chi connectivity index (χ1n) is 16.8. The summed E-state index contributed by atoms with van der Waals surface area (Å²) in [6.45, 7) is 8.10. The molecule has 0 saturated carbocycles. The molecule has 1 unspecified atom stereocenters. The molecular weight excluding hydrogens is 594 g/mol. The summed E-state index contributed by atoms with van der Waals surface area (Å²) in [4.78, 5) is 17.7. The molecule has 0 fully saturated rings. The van der Waals surface area contributed by atoms with Crippen LogP contribution in [0.1, 0.15) is 80.0 Å². The first kappa shape index (κ1) is 31.7. The second kappa shape index (κ2) is 12.3. The third-order valence-electron chi connectivity index (χ3n) is 9.64. The summed E-state index contributed by atoms with van der Waals surface area (Å²) < 4.78 is 13.2. The quantitative estimate of drug-likeness (QED) is 0.175. The fourth-order valence-corrected chi connectivity index (χ4v) is 7.54. The zero-order valence-electron chi connectivity index (χ0n) is 28.1. The second-order valence-corrected chi connectivity index (χ2v) is 14.4. The molecule has 7 rings (SSSR count). The molecule has 5 heteroatoms.